The number of hydrogen-bond acceptors (Lipinski definition) is 2. The van der Waals surface area contributed by atoms with Gasteiger partial charge in [-0.1, -0.05) is 0 Å². The summed E-state index contributed by atoms with van der Waals surface area (Å²) >= 11 is 0. The van der Waals surface area contributed by atoms with Crippen LogP contribution in [-0.2, 0) is 0 Å². The zero-order valence-electron chi connectivity index (χ0n) is 13.7. The van der Waals surface area contributed by atoms with Crippen molar-refractivity contribution in [3.63, 3.8) is 0 Å². The Morgan fingerprint density at radius 2 is 1.89 bits per heavy atom. The van der Waals surface area contributed by atoms with Gasteiger partial charge in [-0.3, -0.25) is 0 Å². The van der Waals surface area contributed by atoms with E-state index in [-0.39, 0.29) is 0 Å². The van der Waals surface area contributed by atoms with E-state index in [4.69, 9.17) is 4.11 Å². The quantitative estimate of drug-likeness (QED) is 0.840. The molecule has 0 saturated heterocycles. The molecule has 1 aromatic carbocycles. The number of ether oxygens (including phenoxy) is 1. The summed E-state index contributed by atoms with van der Waals surface area (Å²) in [7, 11) is 0. The molecular weight excluding hydrogens is 262 g/mol. The monoisotopic (exact) mass is 282 g/mol. The molecule has 0 fully saturated rings. The SMILES string of the molecule is [2H]C([2H])([2H])[C@H](NC(C)(C)C)c1cc(OC(F)(F)F)ccc1F. The highest BCUT2D eigenvalue weighted by atomic mass is 19.4. The van der Waals surface area contributed by atoms with E-state index in [1.807, 2.05) is 0 Å². The van der Waals surface area contributed by atoms with Gasteiger partial charge in [0.05, 0.1) is 0 Å². The van der Waals surface area contributed by atoms with Crippen molar-refractivity contribution in [2.24, 2.45) is 0 Å². The third kappa shape index (κ3) is 5.46. The van der Waals surface area contributed by atoms with Crippen LogP contribution in [0.4, 0.5) is 17.6 Å². The first-order valence-electron chi connectivity index (χ1n) is 7.02. The normalized spacial score (nSPS) is 17.3. The molecule has 0 spiro atoms. The van der Waals surface area contributed by atoms with Crippen LogP contribution in [-0.4, -0.2) is 11.9 Å². The molecule has 1 rings (SSSR count). The standard InChI is InChI=1S/C13H17F4NO/c1-8(18-12(2,3)4)10-7-9(5-6-11(10)14)19-13(15,16)17/h5-8,18H,1-4H3/t8-/m0/s1/i1D3. The molecule has 0 aliphatic carbocycles. The Morgan fingerprint density at radius 1 is 1.26 bits per heavy atom. The first-order chi connectivity index (χ1) is 9.69. The Kier molecular flexibility index (Phi) is 3.25. The first kappa shape index (κ1) is 11.5. The Labute approximate surface area is 114 Å². The average molecular weight is 282 g/mol. The van der Waals surface area contributed by atoms with Crippen LogP contribution in [0.3, 0.4) is 0 Å². The molecule has 19 heavy (non-hydrogen) atoms. The van der Waals surface area contributed by atoms with Gasteiger partial charge in [-0.2, -0.15) is 0 Å². The van der Waals surface area contributed by atoms with Crippen molar-refractivity contribution in [1.82, 2.24) is 5.32 Å². The summed E-state index contributed by atoms with van der Waals surface area (Å²) in [4.78, 5) is 0. The highest BCUT2D eigenvalue weighted by Crippen LogP contribution is 2.28. The van der Waals surface area contributed by atoms with E-state index in [2.05, 4.69) is 10.1 Å². The van der Waals surface area contributed by atoms with Gasteiger partial charge in [0.2, 0.25) is 0 Å². The summed E-state index contributed by atoms with van der Waals surface area (Å²) in [5.74, 6) is -1.60. The molecular formula is C13H17F4NO. The Bertz CT molecular complexity index is 523. The van der Waals surface area contributed by atoms with Crippen molar-refractivity contribution in [1.29, 1.82) is 0 Å². The van der Waals surface area contributed by atoms with Crippen molar-refractivity contribution < 1.29 is 26.4 Å². The van der Waals surface area contributed by atoms with Crippen LogP contribution >= 0.6 is 0 Å². The fourth-order valence-electron chi connectivity index (χ4n) is 1.45. The average Bonchev–Trinajstić information content (AvgIpc) is 2.24. The number of benzene rings is 1. The van der Waals surface area contributed by atoms with Crippen LogP contribution in [0, 0.1) is 5.82 Å². The molecule has 0 saturated carbocycles. The molecule has 0 bridgehead atoms. The molecule has 0 aromatic heterocycles. The Morgan fingerprint density at radius 3 is 2.37 bits per heavy atom. The lowest BCUT2D eigenvalue weighted by atomic mass is 10.0. The summed E-state index contributed by atoms with van der Waals surface area (Å²) < 4.78 is 76.8. The summed E-state index contributed by atoms with van der Waals surface area (Å²) in [6.45, 7) is 2.35. The van der Waals surface area contributed by atoms with Crippen molar-refractivity contribution in [3.05, 3.63) is 29.6 Å². The van der Waals surface area contributed by atoms with Crippen LogP contribution in [0.1, 0.15) is 43.3 Å². The number of alkyl halides is 3. The minimum atomic E-state index is -4.94. The van der Waals surface area contributed by atoms with Gasteiger partial charge in [-0.15, -0.1) is 13.2 Å². The maximum Gasteiger partial charge on any atom is 0.573 e. The summed E-state index contributed by atoms with van der Waals surface area (Å²) in [5.41, 5.74) is -1.09. The third-order valence-electron chi connectivity index (χ3n) is 2.09. The fourth-order valence-corrected chi connectivity index (χ4v) is 1.45. The van der Waals surface area contributed by atoms with Crippen molar-refractivity contribution in [2.75, 3.05) is 0 Å². The van der Waals surface area contributed by atoms with Gasteiger partial charge in [0.1, 0.15) is 11.6 Å². The maximum absolute atomic E-state index is 13.9. The van der Waals surface area contributed by atoms with E-state index in [1.165, 1.54) is 0 Å². The second-order valence-electron chi connectivity index (χ2n) is 5.06. The predicted molar refractivity (Wildman–Crippen MR) is 64.4 cm³/mol. The zero-order valence-corrected chi connectivity index (χ0v) is 10.7. The van der Waals surface area contributed by atoms with E-state index in [1.54, 1.807) is 20.8 Å². The molecule has 0 amide bonds. The lowest BCUT2D eigenvalue weighted by Gasteiger charge is -2.26. The summed E-state index contributed by atoms with van der Waals surface area (Å²) in [6, 6.07) is 0.822. The summed E-state index contributed by atoms with van der Waals surface area (Å²) in [6.07, 6.45) is -4.94. The lowest BCUT2D eigenvalue weighted by molar-refractivity contribution is -0.274. The van der Waals surface area contributed by atoms with Gasteiger partial charge < -0.3 is 10.1 Å². The largest absolute Gasteiger partial charge is 0.573 e. The molecule has 2 nitrogen and oxygen atoms in total. The van der Waals surface area contributed by atoms with Crippen LogP contribution in [0.25, 0.3) is 0 Å². The molecule has 0 aliphatic heterocycles. The van der Waals surface area contributed by atoms with Gasteiger partial charge in [-0.25, -0.2) is 4.39 Å². The van der Waals surface area contributed by atoms with Crippen molar-refractivity contribution in [3.8, 4) is 5.75 Å². The van der Waals surface area contributed by atoms with Gasteiger partial charge in [0, 0.05) is 21.3 Å². The van der Waals surface area contributed by atoms with Gasteiger partial charge in [-0.05, 0) is 45.8 Å². The number of nitrogens with one attached hydrogen (secondary N) is 1. The fraction of sp³-hybridized carbons (Fsp3) is 0.538. The number of halogens is 4. The molecule has 1 N–H and O–H groups in total. The second-order valence-corrected chi connectivity index (χ2v) is 5.06. The van der Waals surface area contributed by atoms with Crippen LogP contribution < -0.4 is 10.1 Å². The van der Waals surface area contributed by atoms with E-state index in [9.17, 15) is 17.6 Å². The van der Waals surface area contributed by atoms with E-state index < -0.39 is 41.9 Å². The molecule has 0 radical (unpaired) electrons. The third-order valence-corrected chi connectivity index (χ3v) is 2.09. The molecule has 0 heterocycles. The zero-order chi connectivity index (χ0) is 17.3. The topological polar surface area (TPSA) is 21.3 Å². The minimum Gasteiger partial charge on any atom is -0.406 e. The van der Waals surface area contributed by atoms with Crippen LogP contribution in [0.5, 0.6) is 5.75 Å². The molecule has 1 atom stereocenters. The molecule has 108 valence electrons. The molecule has 1 aromatic rings. The first-order valence-corrected chi connectivity index (χ1v) is 5.52. The Hall–Kier alpha value is -1.30. The van der Waals surface area contributed by atoms with Crippen molar-refractivity contribution in [2.45, 2.75) is 45.6 Å². The van der Waals surface area contributed by atoms with Gasteiger partial charge in [0.15, 0.2) is 0 Å². The maximum atomic E-state index is 13.9. The summed E-state index contributed by atoms with van der Waals surface area (Å²) in [5, 5.41) is 2.70. The highest BCUT2D eigenvalue weighted by Gasteiger charge is 2.31. The molecule has 0 aliphatic rings. The molecule has 6 heteroatoms. The molecule has 0 unspecified atom stereocenters. The van der Waals surface area contributed by atoms with Gasteiger partial charge >= 0.3 is 6.36 Å². The smallest absolute Gasteiger partial charge is 0.406 e. The van der Waals surface area contributed by atoms with Crippen LogP contribution in [0.2, 0.25) is 0 Å². The Balaban J connectivity index is 3.27. The minimum absolute atomic E-state index is 0.406. The van der Waals surface area contributed by atoms with Crippen LogP contribution in [0.15, 0.2) is 18.2 Å². The van der Waals surface area contributed by atoms with E-state index in [0.29, 0.717) is 0 Å². The van der Waals surface area contributed by atoms with E-state index in [0.717, 1.165) is 18.2 Å². The predicted octanol–water partition coefficient (Wildman–Crippen LogP) is 4.17. The lowest BCUT2D eigenvalue weighted by Crippen LogP contribution is -2.38. The highest BCUT2D eigenvalue weighted by molar-refractivity contribution is 5.32. The number of hydrogen-bond donors (Lipinski definition) is 1. The second kappa shape index (κ2) is 5.36. The van der Waals surface area contributed by atoms with Crippen molar-refractivity contribution >= 4 is 0 Å². The number of rotatable bonds is 3. The van der Waals surface area contributed by atoms with Gasteiger partial charge in [0.25, 0.3) is 0 Å². The van der Waals surface area contributed by atoms with E-state index >= 15 is 0 Å².